The van der Waals surface area contributed by atoms with E-state index in [1.807, 2.05) is 24.0 Å². The number of benzene rings is 1. The second-order valence-electron chi connectivity index (χ2n) is 4.19. The summed E-state index contributed by atoms with van der Waals surface area (Å²) in [6.45, 7) is 5.10. The van der Waals surface area contributed by atoms with E-state index in [1.165, 1.54) is 16.0 Å². The minimum Gasteiger partial charge on any atom is -0.370 e. The number of thioether (sulfide) groups is 1. The van der Waals surface area contributed by atoms with E-state index >= 15 is 0 Å². The second-order valence-corrected chi connectivity index (χ2v) is 5.24. The SMILES string of the molecule is CCNc1ccc(CSc2cccc(C)c2)cn1. The molecule has 2 aromatic rings. The van der Waals surface area contributed by atoms with Crippen LogP contribution in [0.3, 0.4) is 0 Å². The molecule has 0 fully saturated rings. The van der Waals surface area contributed by atoms with Crippen molar-refractivity contribution in [2.45, 2.75) is 24.5 Å². The van der Waals surface area contributed by atoms with Crippen molar-refractivity contribution in [3.8, 4) is 0 Å². The molecule has 0 saturated carbocycles. The van der Waals surface area contributed by atoms with E-state index < -0.39 is 0 Å². The van der Waals surface area contributed by atoms with Crippen LogP contribution < -0.4 is 5.32 Å². The van der Waals surface area contributed by atoms with E-state index in [0.717, 1.165) is 18.1 Å². The molecule has 0 amide bonds. The lowest BCUT2D eigenvalue weighted by Gasteiger charge is -2.05. The van der Waals surface area contributed by atoms with E-state index in [4.69, 9.17) is 0 Å². The summed E-state index contributed by atoms with van der Waals surface area (Å²) in [4.78, 5) is 5.68. The predicted molar refractivity (Wildman–Crippen MR) is 79.1 cm³/mol. The third kappa shape index (κ3) is 3.77. The number of hydrogen-bond acceptors (Lipinski definition) is 3. The van der Waals surface area contributed by atoms with Gasteiger partial charge in [-0.1, -0.05) is 23.8 Å². The number of aryl methyl sites for hydroxylation is 1. The Balaban J connectivity index is 1.93. The molecule has 0 aliphatic carbocycles. The molecule has 94 valence electrons. The van der Waals surface area contributed by atoms with Crippen LogP contribution in [0, 0.1) is 6.92 Å². The van der Waals surface area contributed by atoms with E-state index in [1.54, 1.807) is 0 Å². The zero-order chi connectivity index (χ0) is 12.8. The van der Waals surface area contributed by atoms with E-state index in [-0.39, 0.29) is 0 Å². The van der Waals surface area contributed by atoms with Crippen LogP contribution in [0.2, 0.25) is 0 Å². The number of nitrogens with one attached hydrogen (secondary N) is 1. The van der Waals surface area contributed by atoms with Gasteiger partial charge in [-0.2, -0.15) is 0 Å². The highest BCUT2D eigenvalue weighted by molar-refractivity contribution is 7.98. The van der Waals surface area contributed by atoms with Crippen LogP contribution in [0.4, 0.5) is 5.82 Å². The molecule has 1 heterocycles. The average molecular weight is 258 g/mol. The predicted octanol–water partition coefficient (Wildman–Crippen LogP) is 4.11. The average Bonchev–Trinajstić information content (AvgIpc) is 2.38. The Morgan fingerprint density at radius 2 is 2.11 bits per heavy atom. The van der Waals surface area contributed by atoms with Gasteiger partial charge in [0, 0.05) is 23.4 Å². The molecule has 0 atom stereocenters. The van der Waals surface area contributed by atoms with Crippen LogP contribution in [0.1, 0.15) is 18.1 Å². The summed E-state index contributed by atoms with van der Waals surface area (Å²) in [6.07, 6.45) is 1.95. The van der Waals surface area contributed by atoms with Gasteiger partial charge in [-0.3, -0.25) is 0 Å². The van der Waals surface area contributed by atoms with Crippen molar-refractivity contribution < 1.29 is 0 Å². The Hall–Kier alpha value is -1.48. The van der Waals surface area contributed by atoms with E-state index in [2.05, 4.69) is 54.5 Å². The normalized spacial score (nSPS) is 10.3. The minimum absolute atomic E-state index is 0.907. The fourth-order valence-electron chi connectivity index (χ4n) is 1.67. The highest BCUT2D eigenvalue weighted by atomic mass is 32.2. The van der Waals surface area contributed by atoms with Gasteiger partial charge in [0.2, 0.25) is 0 Å². The van der Waals surface area contributed by atoms with Crippen LogP contribution in [0.15, 0.2) is 47.5 Å². The summed E-state index contributed by atoms with van der Waals surface area (Å²) in [5, 5.41) is 3.20. The zero-order valence-corrected chi connectivity index (χ0v) is 11.6. The monoisotopic (exact) mass is 258 g/mol. The fraction of sp³-hybridized carbons (Fsp3) is 0.267. The zero-order valence-electron chi connectivity index (χ0n) is 10.8. The molecule has 1 N–H and O–H groups in total. The van der Waals surface area contributed by atoms with Gasteiger partial charge in [-0.15, -0.1) is 11.8 Å². The first-order chi connectivity index (χ1) is 8.78. The summed E-state index contributed by atoms with van der Waals surface area (Å²) in [6, 6.07) is 12.8. The number of rotatable bonds is 5. The van der Waals surface area contributed by atoms with Gasteiger partial charge in [0.15, 0.2) is 0 Å². The molecular weight excluding hydrogens is 240 g/mol. The molecule has 0 spiro atoms. The first kappa shape index (κ1) is 13.0. The first-order valence-electron chi connectivity index (χ1n) is 6.16. The van der Waals surface area contributed by atoms with Crippen molar-refractivity contribution in [3.63, 3.8) is 0 Å². The quantitative estimate of drug-likeness (QED) is 0.817. The number of hydrogen-bond donors (Lipinski definition) is 1. The Morgan fingerprint density at radius 1 is 1.22 bits per heavy atom. The maximum absolute atomic E-state index is 4.37. The van der Waals surface area contributed by atoms with E-state index in [0.29, 0.717) is 0 Å². The summed E-state index contributed by atoms with van der Waals surface area (Å²) in [5.74, 6) is 1.91. The molecule has 2 rings (SSSR count). The van der Waals surface area contributed by atoms with Crippen molar-refractivity contribution in [1.82, 2.24) is 4.98 Å². The summed E-state index contributed by atoms with van der Waals surface area (Å²) in [7, 11) is 0. The molecule has 0 saturated heterocycles. The van der Waals surface area contributed by atoms with Gasteiger partial charge in [-0.05, 0) is 37.6 Å². The van der Waals surface area contributed by atoms with Crippen molar-refractivity contribution in [3.05, 3.63) is 53.7 Å². The molecule has 3 heteroatoms. The molecule has 1 aromatic carbocycles. The summed E-state index contributed by atoms with van der Waals surface area (Å²) in [5.41, 5.74) is 2.56. The number of anilines is 1. The molecule has 1 aromatic heterocycles. The van der Waals surface area contributed by atoms with Crippen molar-refractivity contribution in [1.29, 1.82) is 0 Å². The highest BCUT2D eigenvalue weighted by Crippen LogP contribution is 2.23. The third-order valence-electron chi connectivity index (χ3n) is 2.58. The van der Waals surface area contributed by atoms with Gasteiger partial charge in [0.05, 0.1) is 0 Å². The van der Waals surface area contributed by atoms with Crippen LogP contribution in [0.25, 0.3) is 0 Å². The maximum atomic E-state index is 4.37. The fourth-order valence-corrected chi connectivity index (χ4v) is 2.62. The Labute approximate surface area is 113 Å². The first-order valence-corrected chi connectivity index (χ1v) is 7.15. The van der Waals surface area contributed by atoms with Crippen molar-refractivity contribution in [2.75, 3.05) is 11.9 Å². The Bertz CT molecular complexity index is 494. The van der Waals surface area contributed by atoms with Gasteiger partial charge in [-0.25, -0.2) is 4.98 Å². The van der Waals surface area contributed by atoms with Crippen molar-refractivity contribution >= 4 is 17.6 Å². The molecule has 0 radical (unpaired) electrons. The lowest BCUT2D eigenvalue weighted by atomic mass is 10.2. The van der Waals surface area contributed by atoms with Crippen LogP contribution in [-0.2, 0) is 5.75 Å². The molecule has 18 heavy (non-hydrogen) atoms. The molecule has 0 bridgehead atoms. The van der Waals surface area contributed by atoms with Gasteiger partial charge in [0.25, 0.3) is 0 Å². The molecule has 0 aliphatic rings. The number of pyridine rings is 1. The lowest BCUT2D eigenvalue weighted by Crippen LogP contribution is -1.98. The standard InChI is InChI=1S/C15H18N2S/c1-3-16-15-8-7-13(10-17-15)11-18-14-6-4-5-12(2)9-14/h4-10H,3,11H2,1-2H3,(H,16,17). The highest BCUT2D eigenvalue weighted by Gasteiger charge is 1.98. The van der Waals surface area contributed by atoms with Crippen molar-refractivity contribution in [2.24, 2.45) is 0 Å². The number of aromatic nitrogens is 1. The smallest absolute Gasteiger partial charge is 0.125 e. The molecule has 0 aliphatic heterocycles. The molecule has 0 unspecified atom stereocenters. The topological polar surface area (TPSA) is 24.9 Å². The van der Waals surface area contributed by atoms with Crippen LogP contribution >= 0.6 is 11.8 Å². The molecular formula is C15H18N2S. The van der Waals surface area contributed by atoms with Crippen LogP contribution in [0.5, 0.6) is 0 Å². The number of nitrogens with zero attached hydrogens (tertiary/aromatic N) is 1. The summed E-state index contributed by atoms with van der Waals surface area (Å²) < 4.78 is 0. The third-order valence-corrected chi connectivity index (χ3v) is 3.64. The van der Waals surface area contributed by atoms with Gasteiger partial charge in [0.1, 0.15) is 5.82 Å². The Kier molecular flexibility index (Phi) is 4.65. The maximum Gasteiger partial charge on any atom is 0.125 e. The van der Waals surface area contributed by atoms with Crippen LogP contribution in [-0.4, -0.2) is 11.5 Å². The largest absolute Gasteiger partial charge is 0.370 e. The Morgan fingerprint density at radius 3 is 2.78 bits per heavy atom. The summed E-state index contributed by atoms with van der Waals surface area (Å²) >= 11 is 1.85. The molecule has 2 nitrogen and oxygen atoms in total. The second kappa shape index (κ2) is 6.45. The minimum atomic E-state index is 0.907. The van der Waals surface area contributed by atoms with E-state index in [9.17, 15) is 0 Å². The lowest BCUT2D eigenvalue weighted by molar-refractivity contribution is 1.14. The van der Waals surface area contributed by atoms with Gasteiger partial charge < -0.3 is 5.32 Å². The van der Waals surface area contributed by atoms with Gasteiger partial charge >= 0.3 is 0 Å².